The van der Waals surface area contributed by atoms with Crippen LogP contribution in [0.25, 0.3) is 11.0 Å². The first kappa shape index (κ1) is 13.7. The molecule has 1 N–H and O–H groups in total. The number of benzene rings is 1. The largest absolute Gasteiger partial charge is 0.459 e. The molecule has 108 valence electrons. The minimum Gasteiger partial charge on any atom is -0.459 e. The molecule has 0 aliphatic carbocycles. The van der Waals surface area contributed by atoms with Crippen LogP contribution in [0, 0.1) is 6.92 Å². The number of hydrogen-bond donors (Lipinski definition) is 1. The number of hydrogen-bond acceptors (Lipinski definition) is 3. The molecule has 0 amide bonds. The average molecular weight is 273 g/mol. The van der Waals surface area contributed by atoms with E-state index in [1.54, 1.807) is 0 Å². The van der Waals surface area contributed by atoms with Crippen LogP contribution in [0.2, 0.25) is 0 Å². The van der Waals surface area contributed by atoms with Gasteiger partial charge in [-0.3, -0.25) is 0 Å². The van der Waals surface area contributed by atoms with Crippen LogP contribution in [0.15, 0.2) is 28.7 Å². The molecule has 2 heterocycles. The van der Waals surface area contributed by atoms with Gasteiger partial charge in [0.15, 0.2) is 0 Å². The maximum absolute atomic E-state index is 5.99. The van der Waals surface area contributed by atoms with E-state index in [-0.39, 0.29) is 6.04 Å². The van der Waals surface area contributed by atoms with Crippen LogP contribution in [0.3, 0.4) is 0 Å². The van der Waals surface area contributed by atoms with E-state index in [4.69, 9.17) is 9.15 Å². The maximum atomic E-state index is 5.99. The number of fused-ring (bicyclic) bond motifs is 1. The van der Waals surface area contributed by atoms with Crippen molar-refractivity contribution in [3.63, 3.8) is 0 Å². The summed E-state index contributed by atoms with van der Waals surface area (Å²) in [6.07, 6.45) is 5.01. The van der Waals surface area contributed by atoms with Gasteiger partial charge in [0, 0.05) is 12.0 Å². The minimum absolute atomic E-state index is 0.270. The van der Waals surface area contributed by atoms with Crippen LogP contribution >= 0.6 is 0 Å². The Hall–Kier alpha value is -1.32. The summed E-state index contributed by atoms with van der Waals surface area (Å²) in [4.78, 5) is 0. The van der Waals surface area contributed by atoms with Crippen LogP contribution in [0.5, 0.6) is 0 Å². The molecule has 20 heavy (non-hydrogen) atoms. The molecule has 1 aliphatic rings. The lowest BCUT2D eigenvalue weighted by molar-refractivity contribution is 0.0992. The van der Waals surface area contributed by atoms with Crippen molar-refractivity contribution < 1.29 is 9.15 Å². The van der Waals surface area contributed by atoms with E-state index in [1.165, 1.54) is 23.8 Å². The zero-order valence-electron chi connectivity index (χ0n) is 12.3. The van der Waals surface area contributed by atoms with Crippen molar-refractivity contribution in [2.45, 2.75) is 44.8 Å². The lowest BCUT2D eigenvalue weighted by Gasteiger charge is -2.16. The number of ether oxygens (including phenoxy) is 1. The van der Waals surface area contributed by atoms with Crippen LogP contribution in [0.4, 0.5) is 0 Å². The fraction of sp³-hybridized carbons (Fsp3) is 0.529. The van der Waals surface area contributed by atoms with Crippen molar-refractivity contribution in [1.29, 1.82) is 0 Å². The molecule has 3 rings (SSSR count). The Morgan fingerprint density at radius 2 is 2.25 bits per heavy atom. The molecule has 1 aliphatic heterocycles. The highest BCUT2D eigenvalue weighted by molar-refractivity contribution is 5.78. The summed E-state index contributed by atoms with van der Waals surface area (Å²) in [7, 11) is 2.00. The van der Waals surface area contributed by atoms with Crippen molar-refractivity contribution in [2.75, 3.05) is 13.7 Å². The molecule has 1 aromatic heterocycles. The van der Waals surface area contributed by atoms with Gasteiger partial charge in [-0.15, -0.1) is 0 Å². The second kappa shape index (κ2) is 5.98. The molecule has 1 aromatic carbocycles. The van der Waals surface area contributed by atoms with E-state index in [0.717, 1.165) is 30.8 Å². The van der Waals surface area contributed by atoms with E-state index in [1.807, 2.05) is 7.05 Å². The second-order valence-corrected chi connectivity index (χ2v) is 5.74. The second-order valence-electron chi connectivity index (χ2n) is 5.74. The van der Waals surface area contributed by atoms with Crippen molar-refractivity contribution in [3.05, 3.63) is 35.6 Å². The van der Waals surface area contributed by atoms with E-state index in [2.05, 4.69) is 36.5 Å². The van der Waals surface area contributed by atoms with Crippen molar-refractivity contribution in [2.24, 2.45) is 0 Å². The molecule has 3 heteroatoms. The lowest BCUT2D eigenvalue weighted by Crippen LogP contribution is -2.18. The predicted octanol–water partition coefficient (Wildman–Crippen LogP) is 3.96. The Bertz CT molecular complexity index is 569. The third kappa shape index (κ3) is 2.89. The predicted molar refractivity (Wildman–Crippen MR) is 81.0 cm³/mol. The van der Waals surface area contributed by atoms with E-state index < -0.39 is 0 Å². The van der Waals surface area contributed by atoms with E-state index in [9.17, 15) is 0 Å². The highest BCUT2D eigenvalue weighted by atomic mass is 16.5. The van der Waals surface area contributed by atoms with E-state index in [0.29, 0.717) is 6.10 Å². The number of nitrogens with one attached hydrogen (secondary N) is 1. The molecule has 2 atom stereocenters. The topological polar surface area (TPSA) is 34.4 Å². The highest BCUT2D eigenvalue weighted by Crippen LogP contribution is 2.28. The van der Waals surface area contributed by atoms with Gasteiger partial charge in [0.25, 0.3) is 0 Å². The van der Waals surface area contributed by atoms with Crippen molar-refractivity contribution in [3.8, 4) is 0 Å². The van der Waals surface area contributed by atoms with Crippen LogP contribution < -0.4 is 5.32 Å². The zero-order valence-corrected chi connectivity index (χ0v) is 12.3. The minimum atomic E-state index is 0.270. The summed E-state index contributed by atoms with van der Waals surface area (Å²) in [6, 6.07) is 8.76. The Balaban J connectivity index is 1.72. The number of rotatable bonds is 5. The zero-order chi connectivity index (χ0) is 13.9. The molecule has 1 saturated heterocycles. The lowest BCUT2D eigenvalue weighted by atomic mass is 10.0. The average Bonchev–Trinajstić information content (AvgIpc) is 3.08. The summed E-state index contributed by atoms with van der Waals surface area (Å²) < 4.78 is 11.7. The molecule has 3 nitrogen and oxygen atoms in total. The summed E-state index contributed by atoms with van der Waals surface area (Å²) in [5, 5.41) is 4.56. The first-order valence-electron chi connectivity index (χ1n) is 7.55. The van der Waals surface area contributed by atoms with Crippen molar-refractivity contribution >= 4 is 11.0 Å². The quantitative estimate of drug-likeness (QED) is 0.895. The Kier molecular flexibility index (Phi) is 4.08. The third-order valence-electron chi connectivity index (χ3n) is 4.18. The first-order chi connectivity index (χ1) is 9.76. The van der Waals surface area contributed by atoms with Gasteiger partial charge in [0.2, 0.25) is 0 Å². The van der Waals surface area contributed by atoms with Gasteiger partial charge >= 0.3 is 0 Å². The van der Waals surface area contributed by atoms with Gasteiger partial charge in [-0.25, -0.2) is 0 Å². The smallest absolute Gasteiger partial charge is 0.134 e. The fourth-order valence-corrected chi connectivity index (χ4v) is 3.01. The molecule has 0 spiro atoms. The van der Waals surface area contributed by atoms with Crippen LogP contribution in [-0.4, -0.2) is 19.8 Å². The van der Waals surface area contributed by atoms with Crippen LogP contribution in [-0.2, 0) is 4.74 Å². The molecular formula is C17H23NO2. The monoisotopic (exact) mass is 273 g/mol. The van der Waals surface area contributed by atoms with Gasteiger partial charge in [-0.05, 0) is 57.9 Å². The summed E-state index contributed by atoms with van der Waals surface area (Å²) >= 11 is 0. The Morgan fingerprint density at radius 1 is 1.35 bits per heavy atom. The molecular weight excluding hydrogens is 250 g/mol. The number of aryl methyl sites for hydroxylation is 1. The standard InChI is InChI=1S/C17H23NO2/c1-12-5-8-16-13(10-12)11-17(20-16)15(18-2)7-6-14-4-3-9-19-14/h5,8,10-11,14-15,18H,3-4,6-7,9H2,1-2H3. The molecule has 1 fully saturated rings. The fourth-order valence-electron chi connectivity index (χ4n) is 3.01. The van der Waals surface area contributed by atoms with Crippen molar-refractivity contribution in [1.82, 2.24) is 5.32 Å². The van der Waals surface area contributed by atoms with Crippen LogP contribution in [0.1, 0.15) is 43.0 Å². The summed E-state index contributed by atoms with van der Waals surface area (Å²) in [5.74, 6) is 1.03. The third-order valence-corrected chi connectivity index (χ3v) is 4.18. The highest BCUT2D eigenvalue weighted by Gasteiger charge is 2.20. The molecule has 0 saturated carbocycles. The van der Waals surface area contributed by atoms with Gasteiger partial charge in [-0.1, -0.05) is 11.6 Å². The SMILES string of the molecule is CNC(CCC1CCCO1)c1cc2cc(C)ccc2o1. The molecule has 2 unspecified atom stereocenters. The van der Waals surface area contributed by atoms with E-state index >= 15 is 0 Å². The summed E-state index contributed by atoms with van der Waals surface area (Å²) in [6.45, 7) is 3.04. The molecule has 2 aromatic rings. The van der Waals surface area contributed by atoms with Gasteiger partial charge in [0.1, 0.15) is 11.3 Å². The number of furan rings is 1. The van der Waals surface area contributed by atoms with Gasteiger partial charge in [-0.2, -0.15) is 0 Å². The normalized spacial score (nSPS) is 20.6. The summed E-state index contributed by atoms with van der Waals surface area (Å²) in [5.41, 5.74) is 2.24. The van der Waals surface area contributed by atoms with Gasteiger partial charge < -0.3 is 14.5 Å². The Morgan fingerprint density at radius 3 is 3.00 bits per heavy atom. The Labute approximate surface area is 120 Å². The first-order valence-corrected chi connectivity index (χ1v) is 7.55. The molecule has 0 bridgehead atoms. The molecule has 0 radical (unpaired) electrons. The van der Waals surface area contributed by atoms with Gasteiger partial charge in [0.05, 0.1) is 12.1 Å². The maximum Gasteiger partial charge on any atom is 0.134 e.